The molecule has 0 atom stereocenters. The molecule has 1 fully saturated rings. The number of carbonyl (C=O) groups excluding carboxylic acids is 2. The van der Waals surface area contributed by atoms with Gasteiger partial charge in [0.25, 0.3) is 11.5 Å². The van der Waals surface area contributed by atoms with Gasteiger partial charge in [-0.05, 0) is 69.9 Å². The number of hydrogen-bond donors (Lipinski definition) is 3. The molecular weight excluding hydrogens is 436 g/mol. The van der Waals surface area contributed by atoms with E-state index < -0.39 is 36.7 Å². The Bertz CT molecular complexity index is 913. The van der Waals surface area contributed by atoms with E-state index >= 15 is 0 Å². The van der Waals surface area contributed by atoms with Crippen LogP contribution in [-0.4, -0.2) is 51.5 Å². The van der Waals surface area contributed by atoms with E-state index in [0.29, 0.717) is 12.5 Å². The van der Waals surface area contributed by atoms with E-state index in [9.17, 15) is 24.6 Å². The Morgan fingerprint density at radius 3 is 2.32 bits per heavy atom. The number of aliphatic hydroxyl groups excluding tert-OH is 2. The van der Waals surface area contributed by atoms with Crippen molar-refractivity contribution in [2.45, 2.75) is 103 Å². The highest BCUT2D eigenvalue weighted by molar-refractivity contribution is 5.97. The predicted molar refractivity (Wildman–Crippen MR) is 129 cm³/mol. The molecule has 1 heterocycles. The Balaban J connectivity index is 1.91. The fraction of sp³-hybridized carbons (Fsp3) is 0.731. The first kappa shape index (κ1) is 26.4. The van der Waals surface area contributed by atoms with Gasteiger partial charge in [-0.2, -0.15) is 0 Å². The van der Waals surface area contributed by atoms with Crippen LogP contribution < -0.4 is 10.9 Å². The summed E-state index contributed by atoms with van der Waals surface area (Å²) in [6.45, 7) is 2.55. The highest BCUT2D eigenvalue weighted by Gasteiger charge is 2.34. The van der Waals surface area contributed by atoms with Crippen molar-refractivity contribution in [3.63, 3.8) is 0 Å². The van der Waals surface area contributed by atoms with Crippen LogP contribution in [-0.2, 0) is 28.9 Å². The van der Waals surface area contributed by atoms with Crippen molar-refractivity contribution < 1.29 is 24.5 Å². The number of ether oxygens (including phenoxy) is 1. The highest BCUT2D eigenvalue weighted by atomic mass is 16.6. The van der Waals surface area contributed by atoms with Gasteiger partial charge in [0.2, 0.25) is 0 Å². The SMILES string of the molecule is CC(C)(NC(=O)c1cc2c(n(CC3CCCCC3)c1=O)CCCCCC2)C(=O)OC(CO)CO. The molecule has 8 heteroatoms. The third-order valence-corrected chi connectivity index (χ3v) is 7.13. The van der Waals surface area contributed by atoms with Gasteiger partial charge in [-0.3, -0.25) is 9.59 Å². The number of nitrogens with one attached hydrogen (secondary N) is 1. The number of hydrogen-bond acceptors (Lipinski definition) is 6. The van der Waals surface area contributed by atoms with E-state index in [2.05, 4.69) is 5.32 Å². The van der Waals surface area contributed by atoms with Crippen molar-refractivity contribution in [2.75, 3.05) is 13.2 Å². The van der Waals surface area contributed by atoms with Crippen molar-refractivity contribution in [1.82, 2.24) is 9.88 Å². The molecule has 190 valence electrons. The standard InChI is InChI=1S/C26H40N2O6/c1-26(2,25(33)34-20(16-29)17-30)27-23(31)21-14-19-12-8-3-4-9-13-22(19)28(24(21)32)15-18-10-6-5-7-11-18/h14,18,20,29-30H,3-13,15-17H2,1-2H3,(H,27,31). The maximum atomic E-state index is 13.6. The molecule has 2 aliphatic carbocycles. The van der Waals surface area contributed by atoms with Crippen molar-refractivity contribution >= 4 is 11.9 Å². The summed E-state index contributed by atoms with van der Waals surface area (Å²) in [7, 11) is 0. The number of aryl methyl sites for hydroxylation is 1. The van der Waals surface area contributed by atoms with Crippen LogP contribution in [0.25, 0.3) is 0 Å². The van der Waals surface area contributed by atoms with Gasteiger partial charge in [-0.15, -0.1) is 0 Å². The Labute approximate surface area is 201 Å². The smallest absolute Gasteiger partial charge is 0.331 e. The summed E-state index contributed by atoms with van der Waals surface area (Å²) in [6, 6.07) is 1.72. The van der Waals surface area contributed by atoms with E-state index in [4.69, 9.17) is 4.74 Å². The van der Waals surface area contributed by atoms with Crippen LogP contribution in [0.5, 0.6) is 0 Å². The molecule has 0 bridgehead atoms. The second kappa shape index (κ2) is 12.0. The first-order valence-corrected chi connectivity index (χ1v) is 12.8. The van der Waals surface area contributed by atoms with Gasteiger partial charge in [0.05, 0.1) is 13.2 Å². The largest absolute Gasteiger partial charge is 0.456 e. The van der Waals surface area contributed by atoms with Crippen LogP contribution in [0.4, 0.5) is 0 Å². The quantitative estimate of drug-likeness (QED) is 0.496. The summed E-state index contributed by atoms with van der Waals surface area (Å²) < 4.78 is 6.94. The summed E-state index contributed by atoms with van der Waals surface area (Å²) in [6.07, 6.45) is 10.8. The lowest BCUT2D eigenvalue weighted by atomic mass is 9.88. The van der Waals surface area contributed by atoms with Crippen LogP contribution in [0, 0.1) is 5.92 Å². The molecular formula is C26H40N2O6. The number of aromatic nitrogens is 1. The minimum Gasteiger partial charge on any atom is -0.456 e. The molecule has 0 radical (unpaired) electrons. The molecule has 3 N–H and O–H groups in total. The van der Waals surface area contributed by atoms with Crippen LogP contribution in [0.15, 0.2) is 10.9 Å². The Kier molecular flexibility index (Phi) is 9.31. The lowest BCUT2D eigenvalue weighted by Gasteiger charge is -2.28. The fourth-order valence-electron chi connectivity index (χ4n) is 5.05. The predicted octanol–water partition coefficient (Wildman–Crippen LogP) is 2.49. The molecule has 3 rings (SSSR count). The van der Waals surface area contributed by atoms with Gasteiger partial charge in [0.15, 0.2) is 0 Å². The molecule has 2 aliphatic rings. The van der Waals surface area contributed by atoms with Crippen LogP contribution in [0.3, 0.4) is 0 Å². The number of rotatable bonds is 8. The minimum absolute atomic E-state index is 0.0527. The monoisotopic (exact) mass is 476 g/mol. The highest BCUT2D eigenvalue weighted by Crippen LogP contribution is 2.27. The van der Waals surface area contributed by atoms with Crippen molar-refractivity contribution in [2.24, 2.45) is 5.92 Å². The normalized spacial score (nSPS) is 17.6. The fourth-order valence-corrected chi connectivity index (χ4v) is 5.05. The number of carbonyl (C=O) groups is 2. The molecule has 0 aromatic carbocycles. The number of nitrogens with zero attached hydrogens (tertiary/aromatic N) is 1. The van der Waals surface area contributed by atoms with Crippen LogP contribution >= 0.6 is 0 Å². The van der Waals surface area contributed by atoms with Crippen molar-refractivity contribution in [1.29, 1.82) is 0 Å². The van der Waals surface area contributed by atoms with E-state index in [-0.39, 0.29) is 11.1 Å². The second-order valence-electron chi connectivity index (χ2n) is 10.3. The molecule has 1 aromatic heterocycles. The average Bonchev–Trinajstić information content (AvgIpc) is 2.80. The van der Waals surface area contributed by atoms with Crippen molar-refractivity contribution in [3.05, 3.63) is 33.2 Å². The first-order valence-electron chi connectivity index (χ1n) is 12.8. The average molecular weight is 477 g/mol. The molecule has 1 saturated carbocycles. The van der Waals surface area contributed by atoms with Gasteiger partial charge < -0.3 is 24.8 Å². The van der Waals surface area contributed by atoms with Crippen LogP contribution in [0.1, 0.15) is 93.3 Å². The topological polar surface area (TPSA) is 118 Å². The summed E-state index contributed by atoms with van der Waals surface area (Å²) in [5.41, 5.74) is 0.442. The maximum absolute atomic E-state index is 13.6. The van der Waals surface area contributed by atoms with Gasteiger partial charge in [-0.25, -0.2) is 4.79 Å². The third-order valence-electron chi connectivity index (χ3n) is 7.13. The number of aliphatic hydroxyl groups is 2. The van der Waals surface area contributed by atoms with Gasteiger partial charge in [-0.1, -0.05) is 32.1 Å². The summed E-state index contributed by atoms with van der Waals surface area (Å²) >= 11 is 0. The van der Waals surface area contributed by atoms with E-state index in [1.54, 1.807) is 6.07 Å². The number of amides is 1. The molecule has 1 aromatic rings. The number of esters is 1. The summed E-state index contributed by atoms with van der Waals surface area (Å²) in [5, 5.41) is 21.0. The van der Waals surface area contributed by atoms with Gasteiger partial charge >= 0.3 is 5.97 Å². The summed E-state index contributed by atoms with van der Waals surface area (Å²) in [4.78, 5) is 39.4. The van der Waals surface area contributed by atoms with Crippen molar-refractivity contribution in [3.8, 4) is 0 Å². The molecule has 0 aliphatic heterocycles. The molecule has 1 amide bonds. The first-order chi connectivity index (χ1) is 16.3. The van der Waals surface area contributed by atoms with E-state index in [1.165, 1.54) is 33.1 Å². The molecule has 0 spiro atoms. The lowest BCUT2D eigenvalue weighted by Crippen LogP contribution is -2.53. The molecule has 34 heavy (non-hydrogen) atoms. The van der Waals surface area contributed by atoms with E-state index in [0.717, 1.165) is 62.6 Å². The van der Waals surface area contributed by atoms with E-state index in [1.807, 2.05) is 4.57 Å². The minimum atomic E-state index is -1.44. The maximum Gasteiger partial charge on any atom is 0.331 e. The Hall–Kier alpha value is -2.19. The Morgan fingerprint density at radius 2 is 1.68 bits per heavy atom. The molecule has 8 nitrogen and oxygen atoms in total. The molecule has 0 saturated heterocycles. The zero-order valence-corrected chi connectivity index (χ0v) is 20.6. The van der Waals surface area contributed by atoms with Gasteiger partial charge in [0, 0.05) is 12.2 Å². The Morgan fingerprint density at radius 1 is 1.06 bits per heavy atom. The number of fused-ring (bicyclic) bond motifs is 1. The molecule has 0 unspecified atom stereocenters. The third kappa shape index (κ3) is 6.48. The zero-order valence-electron chi connectivity index (χ0n) is 20.6. The van der Waals surface area contributed by atoms with Gasteiger partial charge in [0.1, 0.15) is 17.2 Å². The lowest BCUT2D eigenvalue weighted by molar-refractivity contribution is -0.159. The summed E-state index contributed by atoms with van der Waals surface area (Å²) in [5.74, 6) is -0.957. The second-order valence-corrected chi connectivity index (χ2v) is 10.3. The number of pyridine rings is 1. The van der Waals surface area contributed by atoms with Crippen LogP contribution in [0.2, 0.25) is 0 Å². The zero-order chi connectivity index (χ0) is 24.7.